The molecule has 0 radical (unpaired) electrons. The lowest BCUT2D eigenvalue weighted by Gasteiger charge is -2.43. The Labute approximate surface area is 234 Å². The van der Waals surface area contributed by atoms with Crippen molar-refractivity contribution in [2.75, 3.05) is 6.61 Å². The van der Waals surface area contributed by atoms with Crippen LogP contribution in [0.1, 0.15) is 27.7 Å². The van der Waals surface area contributed by atoms with Crippen molar-refractivity contribution in [3.05, 3.63) is 65.0 Å². The number of carbonyl (C=O) groups is 4. The zero-order valence-electron chi connectivity index (χ0n) is 22.7. The summed E-state index contributed by atoms with van der Waals surface area (Å²) < 4.78 is 38.9. The highest BCUT2D eigenvalue weighted by Crippen LogP contribution is 2.32. The lowest BCUT2D eigenvalue weighted by molar-refractivity contribution is -0.288. The third kappa shape index (κ3) is 7.09. The van der Waals surface area contributed by atoms with Gasteiger partial charge in [0.15, 0.2) is 17.6 Å². The summed E-state index contributed by atoms with van der Waals surface area (Å²) in [6, 6.07) is 13.5. The first kappa shape index (κ1) is 29.3. The molecule has 41 heavy (non-hydrogen) atoms. The van der Waals surface area contributed by atoms with Crippen molar-refractivity contribution in [1.29, 1.82) is 0 Å². The van der Waals surface area contributed by atoms with Crippen LogP contribution in [0, 0.1) is 0 Å². The van der Waals surface area contributed by atoms with Crippen LogP contribution in [0.5, 0.6) is 5.75 Å². The fourth-order valence-electron chi connectivity index (χ4n) is 4.42. The van der Waals surface area contributed by atoms with Gasteiger partial charge in [-0.15, -0.1) is 0 Å². The van der Waals surface area contributed by atoms with Crippen molar-refractivity contribution in [3.63, 3.8) is 0 Å². The minimum absolute atomic E-state index is 0.147. The van der Waals surface area contributed by atoms with Gasteiger partial charge in [0.25, 0.3) is 0 Å². The highest BCUT2D eigenvalue weighted by Gasteiger charge is 2.53. The van der Waals surface area contributed by atoms with Crippen LogP contribution in [-0.4, -0.2) is 61.2 Å². The number of carbonyl (C=O) groups excluding carboxylic acids is 4. The Kier molecular flexibility index (Phi) is 9.03. The van der Waals surface area contributed by atoms with Gasteiger partial charge in [-0.3, -0.25) is 24.0 Å². The van der Waals surface area contributed by atoms with E-state index in [1.54, 1.807) is 12.1 Å². The number of benzene rings is 2. The molecule has 0 amide bonds. The van der Waals surface area contributed by atoms with Gasteiger partial charge in [-0.1, -0.05) is 30.3 Å². The van der Waals surface area contributed by atoms with Gasteiger partial charge >= 0.3 is 23.9 Å². The molecule has 12 nitrogen and oxygen atoms in total. The third-order valence-electron chi connectivity index (χ3n) is 6.03. The van der Waals surface area contributed by atoms with Crippen LogP contribution in [0.15, 0.2) is 64.0 Å². The fraction of sp³-hybridized carbons (Fsp3) is 0.345. The van der Waals surface area contributed by atoms with Gasteiger partial charge in [0, 0.05) is 33.8 Å². The monoisotopic (exact) mass is 568 g/mol. The average Bonchev–Trinajstić information content (AvgIpc) is 2.91. The minimum atomic E-state index is -1.43. The summed E-state index contributed by atoms with van der Waals surface area (Å²) in [5, 5.41) is 0.292. The lowest BCUT2D eigenvalue weighted by Crippen LogP contribution is -2.63. The molecule has 3 aromatic rings. The van der Waals surface area contributed by atoms with Gasteiger partial charge in [-0.05, 0) is 17.7 Å². The summed E-state index contributed by atoms with van der Waals surface area (Å²) in [5.74, 6) is -2.77. The van der Waals surface area contributed by atoms with Gasteiger partial charge in [-0.2, -0.15) is 0 Å². The SMILES string of the molecule is CC(=O)OC[C@@H]1O[C@@H](Oc2ccc3c(=O)c(-c4ccccc4)coc3c2)[C@@H](OC(C)=O)[C@@H](OC(C)=O)[C@H]1OC(C)=O. The van der Waals surface area contributed by atoms with Gasteiger partial charge in [0.2, 0.25) is 12.4 Å². The molecule has 5 atom stereocenters. The Balaban J connectivity index is 1.70. The molecule has 0 aliphatic carbocycles. The molecule has 1 aliphatic heterocycles. The van der Waals surface area contributed by atoms with Gasteiger partial charge in [0.05, 0.1) is 10.9 Å². The highest BCUT2D eigenvalue weighted by molar-refractivity contribution is 5.82. The normalized spacial score (nSPS) is 21.9. The summed E-state index contributed by atoms with van der Waals surface area (Å²) in [5.41, 5.74) is 1.03. The number of rotatable bonds is 8. The molecule has 0 bridgehead atoms. The predicted molar refractivity (Wildman–Crippen MR) is 141 cm³/mol. The Bertz CT molecular complexity index is 1490. The van der Waals surface area contributed by atoms with E-state index in [0.717, 1.165) is 20.8 Å². The van der Waals surface area contributed by atoms with Gasteiger partial charge in [0.1, 0.15) is 30.3 Å². The Morgan fingerprint density at radius 1 is 0.780 bits per heavy atom. The highest BCUT2D eigenvalue weighted by atomic mass is 16.7. The van der Waals surface area contributed by atoms with Crippen LogP contribution in [0.25, 0.3) is 22.1 Å². The molecule has 0 saturated carbocycles. The summed E-state index contributed by atoms with van der Waals surface area (Å²) in [6.45, 7) is 4.16. The molecule has 12 heteroatoms. The molecular weight excluding hydrogens is 540 g/mol. The molecule has 2 heterocycles. The first-order chi connectivity index (χ1) is 19.5. The van der Waals surface area contributed by atoms with Crippen LogP contribution >= 0.6 is 0 Å². The second-order valence-electron chi connectivity index (χ2n) is 9.19. The molecule has 0 unspecified atom stereocenters. The smallest absolute Gasteiger partial charge is 0.303 e. The molecule has 216 valence electrons. The van der Waals surface area contributed by atoms with E-state index in [9.17, 15) is 24.0 Å². The number of esters is 4. The summed E-state index contributed by atoms with van der Waals surface area (Å²) in [4.78, 5) is 60.6. The maximum Gasteiger partial charge on any atom is 0.303 e. The third-order valence-corrected chi connectivity index (χ3v) is 6.03. The quantitative estimate of drug-likeness (QED) is 0.290. The Morgan fingerprint density at radius 2 is 1.41 bits per heavy atom. The van der Waals surface area contributed by atoms with Gasteiger partial charge in [-0.25, -0.2) is 0 Å². The van der Waals surface area contributed by atoms with Crippen molar-refractivity contribution in [2.45, 2.75) is 58.4 Å². The van der Waals surface area contributed by atoms with Crippen molar-refractivity contribution in [2.24, 2.45) is 0 Å². The van der Waals surface area contributed by atoms with Crippen molar-refractivity contribution >= 4 is 34.8 Å². The van der Waals surface area contributed by atoms with E-state index in [0.29, 0.717) is 16.5 Å². The number of hydrogen-bond acceptors (Lipinski definition) is 12. The lowest BCUT2D eigenvalue weighted by atomic mass is 9.98. The molecule has 1 aromatic heterocycles. The topological polar surface area (TPSA) is 154 Å². The van der Waals surface area contributed by atoms with E-state index in [4.69, 9.17) is 32.8 Å². The Hall–Kier alpha value is -4.71. The average molecular weight is 569 g/mol. The largest absolute Gasteiger partial charge is 0.463 e. The summed E-state index contributed by atoms with van der Waals surface area (Å²) >= 11 is 0. The van der Waals surface area contributed by atoms with Crippen molar-refractivity contribution in [1.82, 2.24) is 0 Å². The number of ether oxygens (including phenoxy) is 6. The van der Waals surface area contributed by atoms with Crippen LogP contribution in [0.2, 0.25) is 0 Å². The first-order valence-corrected chi connectivity index (χ1v) is 12.6. The molecule has 2 aromatic carbocycles. The second-order valence-corrected chi connectivity index (χ2v) is 9.19. The zero-order chi connectivity index (χ0) is 29.7. The minimum Gasteiger partial charge on any atom is -0.463 e. The van der Waals surface area contributed by atoms with E-state index in [1.807, 2.05) is 18.2 Å². The molecular formula is C29H28O12. The fourth-order valence-corrected chi connectivity index (χ4v) is 4.42. The zero-order valence-corrected chi connectivity index (χ0v) is 22.7. The van der Waals surface area contributed by atoms with Crippen molar-refractivity contribution in [3.8, 4) is 16.9 Å². The maximum atomic E-state index is 13.1. The van der Waals surface area contributed by atoms with E-state index >= 15 is 0 Å². The molecule has 0 N–H and O–H groups in total. The van der Waals surface area contributed by atoms with E-state index in [1.165, 1.54) is 31.4 Å². The first-order valence-electron chi connectivity index (χ1n) is 12.6. The van der Waals surface area contributed by atoms with E-state index in [-0.39, 0.29) is 16.8 Å². The van der Waals surface area contributed by atoms with Crippen LogP contribution in [-0.2, 0) is 42.9 Å². The van der Waals surface area contributed by atoms with E-state index < -0.39 is 61.2 Å². The Morgan fingerprint density at radius 3 is 2.05 bits per heavy atom. The summed E-state index contributed by atoms with van der Waals surface area (Å²) in [6.07, 6.45) is -5.35. The van der Waals surface area contributed by atoms with E-state index in [2.05, 4.69) is 0 Å². The molecule has 1 saturated heterocycles. The number of fused-ring (bicyclic) bond motifs is 1. The molecule has 0 spiro atoms. The molecule has 1 aliphatic rings. The molecule has 1 fully saturated rings. The maximum absolute atomic E-state index is 13.1. The second kappa shape index (κ2) is 12.6. The van der Waals surface area contributed by atoms with Crippen LogP contribution < -0.4 is 10.2 Å². The van der Waals surface area contributed by atoms with Crippen LogP contribution in [0.3, 0.4) is 0 Å². The predicted octanol–water partition coefficient (Wildman–Crippen LogP) is 2.92. The standard InChI is InChI=1S/C29H28O12/c1-15(30)35-14-24-26(37-16(2)31)27(38-17(3)32)28(39-18(4)33)29(41-24)40-20-10-11-21-23(12-20)36-13-22(25(21)34)19-8-6-5-7-9-19/h5-13,24,26-29H,14H2,1-4H3/t24-,26-,27-,28-,29+/m0/s1. The summed E-state index contributed by atoms with van der Waals surface area (Å²) in [7, 11) is 0. The number of hydrogen-bond donors (Lipinski definition) is 0. The molecule has 4 rings (SSSR count). The van der Waals surface area contributed by atoms with Crippen molar-refractivity contribution < 1.29 is 52.0 Å². The van der Waals surface area contributed by atoms with Gasteiger partial charge < -0.3 is 32.8 Å². The van der Waals surface area contributed by atoms with Crippen LogP contribution in [0.4, 0.5) is 0 Å².